The van der Waals surface area contributed by atoms with E-state index in [0.29, 0.717) is 23.8 Å². The van der Waals surface area contributed by atoms with Crippen LogP contribution in [-0.2, 0) is 4.79 Å². The molecular formula is C13H17ClO3. The molecule has 3 nitrogen and oxygen atoms in total. The number of benzene rings is 1. The molecule has 0 atom stereocenters. The van der Waals surface area contributed by atoms with E-state index in [1.54, 1.807) is 26.0 Å². The molecule has 1 N–H and O–H groups in total. The molecule has 0 spiro atoms. The molecule has 0 amide bonds. The smallest absolute Gasteiger partial charge is 0.309 e. The Hall–Kier alpha value is -1.22. The normalized spacial score (nSPS) is 11.3. The van der Waals surface area contributed by atoms with E-state index < -0.39 is 11.4 Å². The number of carbonyl (C=O) groups is 1. The van der Waals surface area contributed by atoms with Gasteiger partial charge in [0.2, 0.25) is 0 Å². The first-order chi connectivity index (χ1) is 7.83. The van der Waals surface area contributed by atoms with Gasteiger partial charge in [-0.1, -0.05) is 11.6 Å². The molecular weight excluding hydrogens is 240 g/mol. The molecule has 0 aliphatic rings. The fourth-order valence-corrected chi connectivity index (χ4v) is 1.36. The fraction of sp³-hybridized carbons (Fsp3) is 0.462. The number of ether oxygens (including phenoxy) is 1. The van der Waals surface area contributed by atoms with E-state index in [1.807, 2.05) is 13.0 Å². The number of carboxylic acids is 1. The van der Waals surface area contributed by atoms with Gasteiger partial charge in [-0.25, -0.2) is 0 Å². The van der Waals surface area contributed by atoms with Crippen molar-refractivity contribution in [3.63, 3.8) is 0 Å². The van der Waals surface area contributed by atoms with Gasteiger partial charge in [-0.3, -0.25) is 4.79 Å². The van der Waals surface area contributed by atoms with Crippen LogP contribution < -0.4 is 4.74 Å². The molecule has 0 radical (unpaired) electrons. The Morgan fingerprint density at radius 3 is 2.65 bits per heavy atom. The Labute approximate surface area is 106 Å². The molecule has 0 aliphatic heterocycles. The van der Waals surface area contributed by atoms with Crippen LogP contribution >= 0.6 is 11.6 Å². The van der Waals surface area contributed by atoms with Crippen molar-refractivity contribution in [3.05, 3.63) is 28.8 Å². The summed E-state index contributed by atoms with van der Waals surface area (Å²) >= 11 is 5.90. The Kier molecular flexibility index (Phi) is 4.40. The van der Waals surface area contributed by atoms with Gasteiger partial charge in [-0.15, -0.1) is 0 Å². The third-order valence-electron chi connectivity index (χ3n) is 2.70. The number of rotatable bonds is 5. The maximum Gasteiger partial charge on any atom is 0.309 e. The number of aliphatic carboxylic acids is 1. The van der Waals surface area contributed by atoms with Crippen molar-refractivity contribution in [3.8, 4) is 5.75 Å². The second-order valence-corrected chi connectivity index (χ2v) is 5.11. The number of carboxylic acid groups (broad SMARTS) is 1. The highest BCUT2D eigenvalue weighted by molar-refractivity contribution is 6.31. The van der Waals surface area contributed by atoms with Crippen LogP contribution in [0, 0.1) is 12.3 Å². The lowest BCUT2D eigenvalue weighted by Gasteiger charge is -2.19. The monoisotopic (exact) mass is 256 g/mol. The standard InChI is InChI=1S/C13H17ClO3/c1-9-8-10(4-5-11(9)14)17-7-6-13(2,3)12(15)16/h4-5,8H,6-7H2,1-3H3,(H,15,16). The zero-order valence-electron chi connectivity index (χ0n) is 10.3. The molecule has 1 aromatic rings. The van der Waals surface area contributed by atoms with Crippen molar-refractivity contribution in [2.45, 2.75) is 27.2 Å². The molecule has 0 bridgehead atoms. The average Bonchev–Trinajstić information content (AvgIpc) is 2.23. The lowest BCUT2D eigenvalue weighted by Crippen LogP contribution is -2.25. The lowest BCUT2D eigenvalue weighted by atomic mass is 9.90. The Morgan fingerprint density at radius 2 is 2.12 bits per heavy atom. The summed E-state index contributed by atoms with van der Waals surface area (Å²) < 4.78 is 5.51. The summed E-state index contributed by atoms with van der Waals surface area (Å²) in [6.07, 6.45) is 0.462. The van der Waals surface area contributed by atoms with Gasteiger partial charge in [0.15, 0.2) is 0 Å². The second kappa shape index (κ2) is 5.41. The summed E-state index contributed by atoms with van der Waals surface area (Å²) in [4.78, 5) is 10.9. The van der Waals surface area contributed by atoms with Crippen LogP contribution in [0.15, 0.2) is 18.2 Å². The van der Waals surface area contributed by atoms with Crippen molar-refractivity contribution in [2.24, 2.45) is 5.41 Å². The molecule has 0 saturated heterocycles. The van der Waals surface area contributed by atoms with Crippen LogP contribution in [0.25, 0.3) is 0 Å². The maximum absolute atomic E-state index is 10.9. The molecule has 0 aliphatic carbocycles. The molecule has 4 heteroatoms. The highest BCUT2D eigenvalue weighted by atomic mass is 35.5. The van der Waals surface area contributed by atoms with Crippen LogP contribution in [0.3, 0.4) is 0 Å². The third kappa shape index (κ3) is 3.93. The van der Waals surface area contributed by atoms with Crippen molar-refractivity contribution < 1.29 is 14.6 Å². The minimum absolute atomic E-state index is 0.375. The van der Waals surface area contributed by atoms with Crippen molar-refractivity contribution in [2.75, 3.05) is 6.61 Å². The minimum atomic E-state index is -0.812. The Bertz CT molecular complexity index is 413. The van der Waals surface area contributed by atoms with Crippen LogP contribution in [0.2, 0.25) is 5.02 Å². The number of halogens is 1. The van der Waals surface area contributed by atoms with Crippen molar-refractivity contribution in [1.82, 2.24) is 0 Å². The second-order valence-electron chi connectivity index (χ2n) is 4.70. The van der Waals surface area contributed by atoms with Crippen molar-refractivity contribution in [1.29, 1.82) is 0 Å². The quantitative estimate of drug-likeness (QED) is 0.877. The highest BCUT2D eigenvalue weighted by Gasteiger charge is 2.26. The van der Waals surface area contributed by atoms with Gasteiger partial charge < -0.3 is 9.84 Å². The van der Waals surface area contributed by atoms with E-state index >= 15 is 0 Å². The van der Waals surface area contributed by atoms with Crippen molar-refractivity contribution >= 4 is 17.6 Å². The SMILES string of the molecule is Cc1cc(OCCC(C)(C)C(=O)O)ccc1Cl. The molecule has 17 heavy (non-hydrogen) atoms. The van der Waals surface area contributed by atoms with E-state index in [-0.39, 0.29) is 0 Å². The molecule has 0 unspecified atom stereocenters. The summed E-state index contributed by atoms with van der Waals surface area (Å²) in [6, 6.07) is 5.40. The van der Waals surface area contributed by atoms with Crippen LogP contribution in [0.1, 0.15) is 25.8 Å². The van der Waals surface area contributed by atoms with Gasteiger partial charge >= 0.3 is 5.97 Å². The van der Waals surface area contributed by atoms with Gasteiger partial charge in [-0.05, 0) is 51.0 Å². The Morgan fingerprint density at radius 1 is 1.47 bits per heavy atom. The predicted octanol–water partition coefficient (Wildman–Crippen LogP) is 3.53. The van der Waals surface area contributed by atoms with E-state index in [2.05, 4.69) is 0 Å². The summed E-state index contributed by atoms with van der Waals surface area (Å²) in [6.45, 7) is 5.65. The molecule has 94 valence electrons. The molecule has 1 aromatic carbocycles. The molecule has 0 heterocycles. The van der Waals surface area contributed by atoms with E-state index in [9.17, 15) is 4.79 Å². The van der Waals surface area contributed by atoms with Crippen LogP contribution in [0.4, 0.5) is 0 Å². The van der Waals surface area contributed by atoms with Gasteiger partial charge in [0, 0.05) is 5.02 Å². The first-order valence-electron chi connectivity index (χ1n) is 5.45. The fourth-order valence-electron chi connectivity index (χ4n) is 1.24. The largest absolute Gasteiger partial charge is 0.494 e. The minimum Gasteiger partial charge on any atom is -0.494 e. The number of aryl methyl sites for hydroxylation is 1. The van der Waals surface area contributed by atoms with E-state index in [1.165, 1.54) is 0 Å². The van der Waals surface area contributed by atoms with Gasteiger partial charge in [0.05, 0.1) is 12.0 Å². The van der Waals surface area contributed by atoms with Gasteiger partial charge in [0.25, 0.3) is 0 Å². The molecule has 0 fully saturated rings. The molecule has 0 saturated carbocycles. The predicted molar refractivity (Wildman–Crippen MR) is 67.7 cm³/mol. The average molecular weight is 257 g/mol. The number of hydrogen-bond acceptors (Lipinski definition) is 2. The zero-order chi connectivity index (χ0) is 13.1. The summed E-state index contributed by atoms with van der Waals surface area (Å²) in [5.41, 5.74) is 0.184. The maximum atomic E-state index is 10.9. The van der Waals surface area contributed by atoms with Crippen LogP contribution in [0.5, 0.6) is 5.75 Å². The topological polar surface area (TPSA) is 46.5 Å². The summed E-state index contributed by atoms with van der Waals surface area (Å²) in [5, 5.41) is 9.64. The van der Waals surface area contributed by atoms with Gasteiger partial charge in [-0.2, -0.15) is 0 Å². The molecule has 0 aromatic heterocycles. The zero-order valence-corrected chi connectivity index (χ0v) is 11.0. The van der Waals surface area contributed by atoms with Crippen LogP contribution in [-0.4, -0.2) is 17.7 Å². The van der Waals surface area contributed by atoms with Gasteiger partial charge in [0.1, 0.15) is 5.75 Å². The Balaban J connectivity index is 2.51. The van der Waals surface area contributed by atoms with E-state index in [4.69, 9.17) is 21.4 Å². The first-order valence-corrected chi connectivity index (χ1v) is 5.83. The lowest BCUT2D eigenvalue weighted by molar-refractivity contribution is -0.147. The van der Waals surface area contributed by atoms with E-state index in [0.717, 1.165) is 5.56 Å². The summed E-state index contributed by atoms with van der Waals surface area (Å²) in [5.74, 6) is -0.0959. The first kappa shape index (κ1) is 13.8. The highest BCUT2D eigenvalue weighted by Crippen LogP contribution is 2.23. The number of hydrogen-bond donors (Lipinski definition) is 1. The third-order valence-corrected chi connectivity index (χ3v) is 3.13. The molecule has 1 rings (SSSR count). The summed E-state index contributed by atoms with van der Waals surface area (Å²) in [7, 11) is 0.